The highest BCUT2D eigenvalue weighted by molar-refractivity contribution is 7.89. The number of nitrogens with zero attached hydrogens (tertiary/aromatic N) is 1. The number of nitrogens with one attached hydrogen (secondary N) is 1. The van der Waals surface area contributed by atoms with Crippen LogP contribution < -0.4 is 5.32 Å². The van der Waals surface area contributed by atoms with E-state index in [-0.39, 0.29) is 36.8 Å². The van der Waals surface area contributed by atoms with Gasteiger partial charge in [-0.2, -0.15) is 4.31 Å². The number of aryl methyl sites for hydroxylation is 1. The van der Waals surface area contributed by atoms with Gasteiger partial charge in [0, 0.05) is 32.5 Å². The van der Waals surface area contributed by atoms with Crippen molar-refractivity contribution in [2.45, 2.75) is 38.9 Å². The number of sulfonamides is 1. The lowest BCUT2D eigenvalue weighted by Gasteiger charge is -2.34. The predicted octanol–water partition coefficient (Wildman–Crippen LogP) is 0.767. The van der Waals surface area contributed by atoms with Gasteiger partial charge < -0.3 is 14.5 Å². The Hall–Kier alpha value is -1.38. The number of hydrogen-bond acceptors (Lipinski definition) is 5. The van der Waals surface area contributed by atoms with Gasteiger partial charge in [-0.25, -0.2) is 8.42 Å². The highest BCUT2D eigenvalue weighted by Crippen LogP contribution is 2.14. The molecule has 1 fully saturated rings. The molecule has 7 nitrogen and oxygen atoms in total. The molecule has 8 heteroatoms. The van der Waals surface area contributed by atoms with Gasteiger partial charge in [0.25, 0.3) is 0 Å². The second-order valence-electron chi connectivity index (χ2n) is 5.82. The van der Waals surface area contributed by atoms with E-state index in [4.69, 9.17) is 9.15 Å². The van der Waals surface area contributed by atoms with E-state index in [0.717, 1.165) is 5.76 Å². The largest absolute Gasteiger partial charge is 0.469 e. The number of carbonyl (C=O) groups is 1. The minimum Gasteiger partial charge on any atom is -0.469 e. The van der Waals surface area contributed by atoms with Crippen molar-refractivity contribution in [1.29, 1.82) is 0 Å². The summed E-state index contributed by atoms with van der Waals surface area (Å²) < 4.78 is 36.7. The van der Waals surface area contributed by atoms with Gasteiger partial charge >= 0.3 is 0 Å². The van der Waals surface area contributed by atoms with E-state index in [9.17, 15) is 13.2 Å². The number of amides is 1. The summed E-state index contributed by atoms with van der Waals surface area (Å²) in [4.78, 5) is 11.7. The molecule has 2 atom stereocenters. The first-order chi connectivity index (χ1) is 10.9. The zero-order chi connectivity index (χ0) is 16.9. The summed E-state index contributed by atoms with van der Waals surface area (Å²) in [5.41, 5.74) is 0. The highest BCUT2D eigenvalue weighted by atomic mass is 32.2. The van der Waals surface area contributed by atoms with E-state index in [0.29, 0.717) is 19.5 Å². The molecule has 2 rings (SSSR count). The number of morpholine rings is 1. The molecule has 1 aliphatic rings. The normalized spacial score (nSPS) is 22.9. The number of hydrogen-bond donors (Lipinski definition) is 1. The molecule has 0 spiro atoms. The molecule has 1 N–H and O–H groups in total. The zero-order valence-electron chi connectivity index (χ0n) is 13.5. The monoisotopic (exact) mass is 344 g/mol. The van der Waals surface area contributed by atoms with E-state index in [1.807, 2.05) is 13.8 Å². The highest BCUT2D eigenvalue weighted by Gasteiger charge is 2.30. The van der Waals surface area contributed by atoms with E-state index in [1.165, 1.54) is 4.31 Å². The van der Waals surface area contributed by atoms with Gasteiger partial charge in [0.15, 0.2) is 0 Å². The Bertz CT molecular complexity index is 589. The van der Waals surface area contributed by atoms with Crippen molar-refractivity contribution in [3.8, 4) is 0 Å². The van der Waals surface area contributed by atoms with Crippen LogP contribution in [0.25, 0.3) is 0 Å². The Morgan fingerprint density at radius 1 is 1.35 bits per heavy atom. The molecule has 1 aromatic rings. The molecule has 1 aromatic heterocycles. The van der Waals surface area contributed by atoms with Crippen LogP contribution in [-0.4, -0.2) is 56.2 Å². The van der Waals surface area contributed by atoms with Gasteiger partial charge in [0.2, 0.25) is 15.9 Å². The first kappa shape index (κ1) is 18.0. The van der Waals surface area contributed by atoms with Gasteiger partial charge in [-0.15, -0.1) is 0 Å². The Kier molecular flexibility index (Phi) is 6.20. The zero-order valence-corrected chi connectivity index (χ0v) is 14.3. The average molecular weight is 344 g/mol. The summed E-state index contributed by atoms with van der Waals surface area (Å²) >= 11 is 0. The van der Waals surface area contributed by atoms with E-state index >= 15 is 0 Å². The van der Waals surface area contributed by atoms with Gasteiger partial charge in [-0.1, -0.05) is 0 Å². The summed E-state index contributed by atoms with van der Waals surface area (Å²) in [5, 5.41) is 2.65. The first-order valence-electron chi connectivity index (χ1n) is 7.79. The molecule has 1 aliphatic heterocycles. The van der Waals surface area contributed by atoms with Crippen LogP contribution in [0.4, 0.5) is 0 Å². The first-order valence-corrected chi connectivity index (χ1v) is 9.40. The fourth-order valence-electron chi connectivity index (χ4n) is 2.59. The number of carbonyl (C=O) groups excluding carboxylic acids is 1. The van der Waals surface area contributed by atoms with Gasteiger partial charge in [-0.3, -0.25) is 4.79 Å². The maximum Gasteiger partial charge on any atom is 0.220 e. The van der Waals surface area contributed by atoms with Crippen molar-refractivity contribution in [2.75, 3.05) is 25.4 Å². The van der Waals surface area contributed by atoms with Crippen LogP contribution in [0.1, 0.15) is 26.0 Å². The smallest absolute Gasteiger partial charge is 0.220 e. The van der Waals surface area contributed by atoms with Crippen molar-refractivity contribution < 1.29 is 22.4 Å². The Morgan fingerprint density at radius 3 is 2.65 bits per heavy atom. The fourth-order valence-corrected chi connectivity index (χ4v) is 4.08. The second kappa shape index (κ2) is 7.94. The minimum atomic E-state index is -3.38. The quantitative estimate of drug-likeness (QED) is 0.789. The van der Waals surface area contributed by atoms with Crippen LogP contribution in [0.5, 0.6) is 0 Å². The minimum absolute atomic E-state index is 0.0983. The number of furan rings is 1. The lowest BCUT2D eigenvalue weighted by Crippen LogP contribution is -2.49. The molecule has 0 radical (unpaired) electrons. The van der Waals surface area contributed by atoms with E-state index < -0.39 is 10.0 Å². The topological polar surface area (TPSA) is 88.9 Å². The molecule has 1 amide bonds. The van der Waals surface area contributed by atoms with Crippen LogP contribution in [-0.2, 0) is 26.0 Å². The third-order valence-corrected chi connectivity index (χ3v) is 5.45. The summed E-state index contributed by atoms with van der Waals surface area (Å²) in [6.45, 7) is 4.54. The molecule has 1 saturated heterocycles. The van der Waals surface area contributed by atoms with E-state index in [2.05, 4.69) is 5.32 Å². The van der Waals surface area contributed by atoms with E-state index in [1.54, 1.807) is 18.4 Å². The van der Waals surface area contributed by atoms with Crippen LogP contribution >= 0.6 is 0 Å². The molecule has 130 valence electrons. The molecular formula is C15H24N2O5S. The Balaban J connectivity index is 1.72. The molecule has 0 aliphatic carbocycles. The summed E-state index contributed by atoms with van der Waals surface area (Å²) in [5.74, 6) is 0.461. The van der Waals surface area contributed by atoms with Crippen molar-refractivity contribution in [3.05, 3.63) is 24.2 Å². The lowest BCUT2D eigenvalue weighted by molar-refractivity contribution is -0.121. The molecule has 0 unspecified atom stereocenters. The summed E-state index contributed by atoms with van der Waals surface area (Å²) in [6, 6.07) is 3.57. The lowest BCUT2D eigenvalue weighted by atomic mass is 10.2. The fraction of sp³-hybridized carbons (Fsp3) is 0.667. The Labute approximate surface area is 137 Å². The van der Waals surface area contributed by atoms with Crippen LogP contribution in [0, 0.1) is 0 Å². The number of rotatable bonds is 7. The van der Waals surface area contributed by atoms with Gasteiger partial charge in [0.05, 0.1) is 24.2 Å². The molecule has 23 heavy (non-hydrogen) atoms. The van der Waals surface area contributed by atoms with Crippen molar-refractivity contribution in [1.82, 2.24) is 9.62 Å². The van der Waals surface area contributed by atoms with Crippen LogP contribution in [0.3, 0.4) is 0 Å². The predicted molar refractivity (Wildman–Crippen MR) is 85.4 cm³/mol. The molecular weight excluding hydrogens is 320 g/mol. The summed E-state index contributed by atoms with van der Waals surface area (Å²) in [7, 11) is -3.38. The third-order valence-electron chi connectivity index (χ3n) is 3.64. The maximum atomic E-state index is 12.3. The standard InChI is InChI=1S/C15H24N2O5S/c1-12-10-17(11-13(2)22-12)23(19,20)9-7-16-15(18)6-5-14-4-3-8-21-14/h3-4,8,12-13H,5-7,9-11H2,1-2H3,(H,16,18)/t12-,13+. The van der Waals surface area contributed by atoms with Gasteiger partial charge in [-0.05, 0) is 26.0 Å². The Morgan fingerprint density at radius 2 is 2.04 bits per heavy atom. The van der Waals surface area contributed by atoms with Crippen LogP contribution in [0.2, 0.25) is 0 Å². The maximum absolute atomic E-state index is 12.3. The van der Waals surface area contributed by atoms with Crippen LogP contribution in [0.15, 0.2) is 22.8 Å². The van der Waals surface area contributed by atoms with Crippen molar-refractivity contribution in [3.63, 3.8) is 0 Å². The average Bonchev–Trinajstić information content (AvgIpc) is 2.97. The third kappa shape index (κ3) is 5.63. The van der Waals surface area contributed by atoms with Crippen molar-refractivity contribution in [2.24, 2.45) is 0 Å². The second-order valence-corrected chi connectivity index (χ2v) is 7.91. The number of ether oxygens (including phenoxy) is 1. The molecule has 0 bridgehead atoms. The van der Waals surface area contributed by atoms with Crippen molar-refractivity contribution >= 4 is 15.9 Å². The van der Waals surface area contributed by atoms with Gasteiger partial charge in [0.1, 0.15) is 5.76 Å². The molecule has 0 saturated carbocycles. The molecule has 0 aromatic carbocycles. The SMILES string of the molecule is C[C@@H]1CN(S(=O)(=O)CCNC(=O)CCc2ccco2)C[C@H](C)O1. The molecule has 2 heterocycles. The summed E-state index contributed by atoms with van der Waals surface area (Å²) in [6.07, 6.45) is 2.11.